The Balaban J connectivity index is 1.59. The van der Waals surface area contributed by atoms with Gasteiger partial charge in [0.15, 0.2) is 5.78 Å². The topological polar surface area (TPSA) is 72.6 Å². The number of hydrogen-bond acceptors (Lipinski definition) is 5. The lowest BCUT2D eigenvalue weighted by molar-refractivity contribution is 0.0428. The van der Waals surface area contributed by atoms with Gasteiger partial charge in [0.2, 0.25) is 0 Å². The summed E-state index contributed by atoms with van der Waals surface area (Å²) in [5.74, 6) is 1.09. The van der Waals surface area contributed by atoms with Crippen molar-refractivity contribution in [2.75, 3.05) is 13.1 Å². The quantitative estimate of drug-likeness (QED) is 0.805. The fourth-order valence-electron chi connectivity index (χ4n) is 3.64. The van der Waals surface area contributed by atoms with Crippen LogP contribution in [0.25, 0.3) is 0 Å². The van der Waals surface area contributed by atoms with Gasteiger partial charge in [0.25, 0.3) is 5.91 Å². The van der Waals surface area contributed by atoms with Crippen LogP contribution in [0.2, 0.25) is 0 Å². The molecular formula is C18H18N2O4. The van der Waals surface area contributed by atoms with Gasteiger partial charge in [-0.3, -0.25) is 9.59 Å². The highest BCUT2D eigenvalue weighted by atomic mass is 16.5. The molecule has 1 fully saturated rings. The third-order valence-corrected chi connectivity index (χ3v) is 4.85. The van der Waals surface area contributed by atoms with Crippen LogP contribution < -0.4 is 4.74 Å². The third kappa shape index (κ3) is 2.21. The summed E-state index contributed by atoms with van der Waals surface area (Å²) >= 11 is 0. The van der Waals surface area contributed by atoms with Gasteiger partial charge in [-0.05, 0) is 26.0 Å². The van der Waals surface area contributed by atoms with Crippen molar-refractivity contribution in [1.82, 2.24) is 10.1 Å². The number of aromatic nitrogens is 1. The predicted molar refractivity (Wildman–Crippen MR) is 85.2 cm³/mol. The van der Waals surface area contributed by atoms with Gasteiger partial charge in [0.05, 0.1) is 24.2 Å². The Morgan fingerprint density at radius 3 is 2.83 bits per heavy atom. The van der Waals surface area contributed by atoms with E-state index in [1.807, 2.05) is 18.2 Å². The highest BCUT2D eigenvalue weighted by molar-refractivity contribution is 6.01. The minimum Gasteiger partial charge on any atom is -0.484 e. The Hall–Kier alpha value is -2.63. The summed E-state index contributed by atoms with van der Waals surface area (Å²) in [4.78, 5) is 27.0. The highest BCUT2D eigenvalue weighted by Gasteiger charge is 2.47. The van der Waals surface area contributed by atoms with E-state index in [4.69, 9.17) is 9.26 Å². The van der Waals surface area contributed by atoms with Crippen LogP contribution in [0.5, 0.6) is 5.75 Å². The SMILES string of the molecule is Cc1noc(C)c1C(=O)N1CCC2(CC(=O)c3ccccc3O2)C1. The normalized spacial score (nSPS) is 22.6. The molecule has 3 heterocycles. The summed E-state index contributed by atoms with van der Waals surface area (Å²) < 4.78 is 11.2. The maximum absolute atomic E-state index is 12.8. The molecule has 2 aliphatic rings. The second kappa shape index (κ2) is 5.19. The maximum atomic E-state index is 12.8. The molecule has 1 spiro atoms. The number of aryl methyl sites for hydroxylation is 2. The Morgan fingerprint density at radius 1 is 1.29 bits per heavy atom. The van der Waals surface area contributed by atoms with Crippen LogP contribution in [-0.2, 0) is 0 Å². The molecule has 1 atom stereocenters. The summed E-state index contributed by atoms with van der Waals surface area (Å²) in [6, 6.07) is 7.28. The average Bonchev–Trinajstić information content (AvgIpc) is 3.11. The van der Waals surface area contributed by atoms with Crippen LogP contribution in [0, 0.1) is 13.8 Å². The van der Waals surface area contributed by atoms with Crippen molar-refractivity contribution in [3.8, 4) is 5.75 Å². The molecule has 6 nitrogen and oxygen atoms in total. The van der Waals surface area contributed by atoms with Crippen LogP contribution >= 0.6 is 0 Å². The second-order valence-corrected chi connectivity index (χ2v) is 6.56. The lowest BCUT2D eigenvalue weighted by Crippen LogP contribution is -2.45. The molecule has 0 bridgehead atoms. The zero-order valence-electron chi connectivity index (χ0n) is 13.7. The van der Waals surface area contributed by atoms with Gasteiger partial charge in [0, 0.05) is 13.0 Å². The first-order valence-corrected chi connectivity index (χ1v) is 8.02. The summed E-state index contributed by atoms with van der Waals surface area (Å²) in [5.41, 5.74) is 1.10. The number of rotatable bonds is 1. The molecule has 0 N–H and O–H groups in total. The van der Waals surface area contributed by atoms with Crippen LogP contribution in [0.1, 0.15) is 45.0 Å². The van der Waals surface area contributed by atoms with E-state index in [9.17, 15) is 9.59 Å². The Kier molecular flexibility index (Phi) is 3.23. The van der Waals surface area contributed by atoms with E-state index in [1.54, 1.807) is 24.8 Å². The van der Waals surface area contributed by atoms with Crippen molar-refractivity contribution in [2.45, 2.75) is 32.3 Å². The number of benzene rings is 1. The number of carbonyl (C=O) groups is 2. The van der Waals surface area contributed by atoms with Gasteiger partial charge in [0.1, 0.15) is 22.7 Å². The van der Waals surface area contributed by atoms with Crippen molar-refractivity contribution in [1.29, 1.82) is 0 Å². The number of likely N-dealkylation sites (tertiary alicyclic amines) is 1. The summed E-state index contributed by atoms with van der Waals surface area (Å²) in [7, 11) is 0. The first-order valence-electron chi connectivity index (χ1n) is 8.02. The van der Waals surface area contributed by atoms with Crippen LogP contribution in [0.15, 0.2) is 28.8 Å². The molecule has 1 unspecified atom stereocenters. The van der Waals surface area contributed by atoms with E-state index < -0.39 is 5.60 Å². The largest absolute Gasteiger partial charge is 0.484 e. The van der Waals surface area contributed by atoms with Crippen molar-refractivity contribution >= 4 is 11.7 Å². The Labute approximate surface area is 139 Å². The fourth-order valence-corrected chi connectivity index (χ4v) is 3.64. The number of carbonyl (C=O) groups excluding carboxylic acids is 2. The van der Waals surface area contributed by atoms with Gasteiger partial charge in [-0.2, -0.15) is 0 Å². The Morgan fingerprint density at radius 2 is 2.08 bits per heavy atom. The number of ketones is 1. The average molecular weight is 326 g/mol. The summed E-state index contributed by atoms with van der Waals surface area (Å²) in [6.45, 7) is 4.44. The summed E-state index contributed by atoms with van der Waals surface area (Å²) in [5, 5.41) is 3.85. The first kappa shape index (κ1) is 14.9. The zero-order valence-corrected chi connectivity index (χ0v) is 13.7. The lowest BCUT2D eigenvalue weighted by atomic mass is 9.89. The van der Waals surface area contributed by atoms with E-state index in [-0.39, 0.29) is 11.7 Å². The maximum Gasteiger partial charge on any atom is 0.259 e. The van der Waals surface area contributed by atoms with Crippen molar-refractivity contribution in [2.24, 2.45) is 0 Å². The third-order valence-electron chi connectivity index (χ3n) is 4.85. The second-order valence-electron chi connectivity index (χ2n) is 6.56. The Bertz CT molecular complexity index is 822. The standard InChI is InChI=1S/C18H18N2O4/c1-11-16(12(2)24-19-11)17(22)20-8-7-18(10-20)9-14(21)13-5-3-4-6-15(13)23-18/h3-6H,7-10H2,1-2H3. The van der Waals surface area contributed by atoms with Crippen LogP contribution in [-0.4, -0.2) is 40.4 Å². The van der Waals surface area contributed by atoms with Gasteiger partial charge in [-0.1, -0.05) is 17.3 Å². The number of nitrogens with zero attached hydrogens (tertiary/aromatic N) is 2. The minimum absolute atomic E-state index is 0.0727. The van der Waals surface area contributed by atoms with Gasteiger partial charge in [-0.25, -0.2) is 0 Å². The zero-order chi connectivity index (χ0) is 16.9. The molecule has 1 saturated heterocycles. The number of Topliss-reactive ketones (excluding diaryl/α,β-unsaturated/α-hetero) is 1. The van der Waals surface area contributed by atoms with E-state index in [1.165, 1.54) is 0 Å². The van der Waals surface area contributed by atoms with Gasteiger partial charge >= 0.3 is 0 Å². The first-order chi connectivity index (χ1) is 11.5. The van der Waals surface area contributed by atoms with Crippen molar-refractivity contribution in [3.05, 3.63) is 46.8 Å². The molecule has 1 aromatic carbocycles. The molecule has 1 amide bonds. The molecule has 0 aliphatic carbocycles. The smallest absolute Gasteiger partial charge is 0.259 e. The summed E-state index contributed by atoms with van der Waals surface area (Å²) in [6.07, 6.45) is 0.942. The van der Waals surface area contributed by atoms with E-state index in [0.29, 0.717) is 54.3 Å². The van der Waals surface area contributed by atoms with Crippen LogP contribution in [0.3, 0.4) is 0 Å². The van der Waals surface area contributed by atoms with E-state index in [0.717, 1.165) is 0 Å². The minimum atomic E-state index is -0.625. The lowest BCUT2D eigenvalue weighted by Gasteiger charge is -2.34. The molecule has 2 aliphatic heterocycles. The number of para-hydroxylation sites is 1. The van der Waals surface area contributed by atoms with Crippen LogP contribution in [0.4, 0.5) is 0 Å². The van der Waals surface area contributed by atoms with Crippen molar-refractivity contribution in [3.63, 3.8) is 0 Å². The molecule has 0 radical (unpaired) electrons. The molecular weight excluding hydrogens is 308 g/mol. The highest BCUT2D eigenvalue weighted by Crippen LogP contribution is 2.39. The monoisotopic (exact) mass is 326 g/mol. The molecule has 24 heavy (non-hydrogen) atoms. The number of fused-ring (bicyclic) bond motifs is 1. The van der Waals surface area contributed by atoms with Gasteiger partial charge < -0.3 is 14.2 Å². The molecule has 0 saturated carbocycles. The molecule has 6 heteroatoms. The van der Waals surface area contributed by atoms with E-state index in [2.05, 4.69) is 5.16 Å². The number of ether oxygens (including phenoxy) is 1. The van der Waals surface area contributed by atoms with Crippen molar-refractivity contribution < 1.29 is 18.8 Å². The van der Waals surface area contributed by atoms with Gasteiger partial charge in [-0.15, -0.1) is 0 Å². The van der Waals surface area contributed by atoms with E-state index >= 15 is 0 Å². The number of hydrogen-bond donors (Lipinski definition) is 0. The predicted octanol–water partition coefficient (Wildman–Crippen LogP) is 2.54. The number of amides is 1. The molecule has 4 rings (SSSR count). The molecule has 124 valence electrons. The molecule has 2 aromatic rings. The fraction of sp³-hybridized carbons (Fsp3) is 0.389. The molecule has 1 aromatic heterocycles.